The standard InChI is InChI=1S/C21H31N3OS.2ClH/c1-4-21(5-2,14-18-24-16-8-6-7-9-17(16)26-18)19(25)23-15-20(3)10-12-22-13-11-20;;/h6-9,22H,4-5,10-15H2,1-3H3,(H,23,25);2*1H. The number of thiazole rings is 1. The first-order valence-electron chi connectivity index (χ1n) is 9.84. The molecule has 1 fully saturated rings. The van der Waals surface area contributed by atoms with Crippen molar-refractivity contribution in [2.24, 2.45) is 10.8 Å². The molecule has 1 amide bonds. The number of rotatable bonds is 7. The second-order valence-electron chi connectivity index (χ2n) is 7.98. The van der Waals surface area contributed by atoms with E-state index in [0.29, 0.717) is 0 Å². The molecule has 3 rings (SSSR count). The van der Waals surface area contributed by atoms with E-state index in [0.717, 1.165) is 62.3 Å². The number of para-hydroxylation sites is 1. The maximum Gasteiger partial charge on any atom is 0.226 e. The molecular formula is C21H33Cl2N3OS. The SMILES string of the molecule is CCC(CC)(Cc1nc2ccccc2s1)C(=O)NCC1(C)CCNCC1.Cl.Cl. The Balaban J connectivity index is 0.00000196. The molecule has 2 heterocycles. The summed E-state index contributed by atoms with van der Waals surface area (Å²) >= 11 is 1.72. The maximum atomic E-state index is 13.2. The molecule has 0 spiro atoms. The van der Waals surface area contributed by atoms with Crippen LogP contribution in [-0.4, -0.2) is 30.5 Å². The van der Waals surface area contributed by atoms with Crippen LogP contribution in [0.15, 0.2) is 24.3 Å². The lowest BCUT2D eigenvalue weighted by Crippen LogP contribution is -2.48. The van der Waals surface area contributed by atoms with Gasteiger partial charge in [0.15, 0.2) is 0 Å². The van der Waals surface area contributed by atoms with Crippen LogP contribution in [0.3, 0.4) is 0 Å². The minimum Gasteiger partial charge on any atom is -0.355 e. The first-order valence-corrected chi connectivity index (χ1v) is 10.7. The average molecular weight is 446 g/mol. The molecule has 0 aliphatic carbocycles. The fraction of sp³-hybridized carbons (Fsp3) is 0.619. The van der Waals surface area contributed by atoms with E-state index in [1.165, 1.54) is 4.70 Å². The zero-order chi connectivity index (χ0) is 18.6. The summed E-state index contributed by atoms with van der Waals surface area (Å²) in [4.78, 5) is 18.0. The van der Waals surface area contributed by atoms with E-state index >= 15 is 0 Å². The van der Waals surface area contributed by atoms with Gasteiger partial charge in [0, 0.05) is 13.0 Å². The number of halogens is 2. The fourth-order valence-electron chi connectivity index (χ4n) is 3.87. The highest BCUT2D eigenvalue weighted by atomic mass is 35.5. The lowest BCUT2D eigenvalue weighted by atomic mass is 9.77. The molecule has 1 aliphatic rings. The van der Waals surface area contributed by atoms with E-state index in [4.69, 9.17) is 4.98 Å². The molecule has 2 aromatic rings. The van der Waals surface area contributed by atoms with Gasteiger partial charge >= 0.3 is 0 Å². The Morgan fingerprint density at radius 2 is 1.86 bits per heavy atom. The van der Waals surface area contributed by atoms with Crippen LogP contribution in [0.5, 0.6) is 0 Å². The number of hydrogen-bond donors (Lipinski definition) is 2. The third-order valence-electron chi connectivity index (χ3n) is 6.15. The first kappa shape index (κ1) is 25.2. The number of aromatic nitrogens is 1. The van der Waals surface area contributed by atoms with Gasteiger partial charge in [0.2, 0.25) is 5.91 Å². The highest BCUT2D eigenvalue weighted by molar-refractivity contribution is 7.18. The highest BCUT2D eigenvalue weighted by Crippen LogP contribution is 2.35. The van der Waals surface area contributed by atoms with Crippen molar-refractivity contribution in [3.8, 4) is 0 Å². The zero-order valence-electron chi connectivity index (χ0n) is 17.0. The highest BCUT2D eigenvalue weighted by Gasteiger charge is 2.37. The van der Waals surface area contributed by atoms with E-state index in [1.54, 1.807) is 11.3 Å². The van der Waals surface area contributed by atoms with Gasteiger partial charge in [-0.05, 0) is 56.3 Å². The predicted octanol–water partition coefficient (Wildman–Crippen LogP) is 4.99. The van der Waals surface area contributed by atoms with E-state index < -0.39 is 0 Å². The van der Waals surface area contributed by atoms with Crippen LogP contribution in [0.2, 0.25) is 0 Å². The number of nitrogens with zero attached hydrogens (tertiary/aromatic N) is 1. The van der Waals surface area contributed by atoms with Gasteiger partial charge in [-0.3, -0.25) is 4.79 Å². The molecule has 1 aromatic heterocycles. The van der Waals surface area contributed by atoms with Crippen LogP contribution >= 0.6 is 36.2 Å². The molecule has 7 heteroatoms. The van der Waals surface area contributed by atoms with Crippen LogP contribution in [0.25, 0.3) is 10.2 Å². The molecule has 28 heavy (non-hydrogen) atoms. The Kier molecular flexibility index (Phi) is 9.68. The summed E-state index contributed by atoms with van der Waals surface area (Å²) < 4.78 is 1.20. The molecule has 0 atom stereocenters. The number of benzene rings is 1. The summed E-state index contributed by atoms with van der Waals surface area (Å²) in [5.74, 6) is 0.196. The molecule has 1 saturated heterocycles. The summed E-state index contributed by atoms with van der Waals surface area (Å²) in [6, 6.07) is 8.22. The van der Waals surface area contributed by atoms with Crippen molar-refractivity contribution in [1.29, 1.82) is 0 Å². The molecule has 1 aliphatic heterocycles. The van der Waals surface area contributed by atoms with Crippen LogP contribution < -0.4 is 10.6 Å². The molecule has 0 unspecified atom stereocenters. The number of carbonyl (C=O) groups is 1. The predicted molar refractivity (Wildman–Crippen MR) is 124 cm³/mol. The summed E-state index contributed by atoms with van der Waals surface area (Å²) in [5, 5.41) is 7.77. The van der Waals surface area contributed by atoms with Gasteiger partial charge in [0.1, 0.15) is 0 Å². The number of nitrogens with one attached hydrogen (secondary N) is 2. The average Bonchev–Trinajstić information content (AvgIpc) is 3.07. The zero-order valence-corrected chi connectivity index (χ0v) is 19.5. The van der Waals surface area contributed by atoms with Gasteiger partial charge in [-0.2, -0.15) is 0 Å². The van der Waals surface area contributed by atoms with Gasteiger partial charge in [-0.15, -0.1) is 36.2 Å². The lowest BCUT2D eigenvalue weighted by Gasteiger charge is -2.36. The molecule has 2 N–H and O–H groups in total. The van der Waals surface area contributed by atoms with Crippen molar-refractivity contribution < 1.29 is 4.79 Å². The van der Waals surface area contributed by atoms with Gasteiger partial charge < -0.3 is 10.6 Å². The van der Waals surface area contributed by atoms with E-state index in [9.17, 15) is 4.79 Å². The Hall–Kier alpha value is -0.880. The monoisotopic (exact) mass is 445 g/mol. The van der Waals surface area contributed by atoms with Gasteiger partial charge in [-0.1, -0.05) is 32.9 Å². The maximum absolute atomic E-state index is 13.2. The van der Waals surface area contributed by atoms with Crippen molar-refractivity contribution in [2.75, 3.05) is 19.6 Å². The van der Waals surface area contributed by atoms with E-state index in [2.05, 4.69) is 37.5 Å². The minimum absolute atomic E-state index is 0. The molecule has 0 saturated carbocycles. The van der Waals surface area contributed by atoms with Gasteiger partial charge in [0.25, 0.3) is 0 Å². The van der Waals surface area contributed by atoms with Crippen LogP contribution in [0, 0.1) is 10.8 Å². The molecule has 4 nitrogen and oxygen atoms in total. The summed E-state index contributed by atoms with van der Waals surface area (Å²) in [5.41, 5.74) is 0.887. The van der Waals surface area contributed by atoms with Crippen LogP contribution in [-0.2, 0) is 11.2 Å². The second kappa shape index (κ2) is 10.8. The number of fused-ring (bicyclic) bond motifs is 1. The summed E-state index contributed by atoms with van der Waals surface area (Å²) in [6.07, 6.45) is 4.64. The van der Waals surface area contributed by atoms with Crippen LogP contribution in [0.4, 0.5) is 0 Å². The van der Waals surface area contributed by atoms with Crippen molar-refractivity contribution in [3.05, 3.63) is 29.3 Å². The van der Waals surface area contributed by atoms with Gasteiger partial charge in [-0.25, -0.2) is 4.98 Å². The summed E-state index contributed by atoms with van der Waals surface area (Å²) in [6.45, 7) is 9.41. The smallest absolute Gasteiger partial charge is 0.226 e. The Bertz CT molecular complexity index is 722. The molecular weight excluding hydrogens is 413 g/mol. The van der Waals surface area contributed by atoms with Crippen molar-refractivity contribution >= 4 is 52.3 Å². The minimum atomic E-state index is -0.364. The topological polar surface area (TPSA) is 54.0 Å². The van der Waals surface area contributed by atoms with Gasteiger partial charge in [0.05, 0.1) is 20.6 Å². The Morgan fingerprint density at radius 3 is 2.46 bits per heavy atom. The quantitative estimate of drug-likeness (QED) is 0.630. The molecule has 158 valence electrons. The number of carbonyl (C=O) groups excluding carboxylic acids is 1. The Morgan fingerprint density at radius 1 is 1.21 bits per heavy atom. The van der Waals surface area contributed by atoms with E-state index in [-0.39, 0.29) is 41.6 Å². The largest absolute Gasteiger partial charge is 0.355 e. The van der Waals surface area contributed by atoms with Crippen molar-refractivity contribution in [1.82, 2.24) is 15.6 Å². The summed E-state index contributed by atoms with van der Waals surface area (Å²) in [7, 11) is 0. The first-order chi connectivity index (χ1) is 12.5. The van der Waals surface area contributed by atoms with E-state index in [1.807, 2.05) is 18.2 Å². The third kappa shape index (κ3) is 5.59. The van der Waals surface area contributed by atoms with Crippen molar-refractivity contribution in [3.63, 3.8) is 0 Å². The fourth-order valence-corrected chi connectivity index (χ4v) is 4.99. The molecule has 0 bridgehead atoms. The number of piperidine rings is 1. The van der Waals surface area contributed by atoms with Crippen LogP contribution in [0.1, 0.15) is 51.5 Å². The third-order valence-corrected chi connectivity index (χ3v) is 7.19. The molecule has 1 aromatic carbocycles. The number of amides is 1. The second-order valence-corrected chi connectivity index (χ2v) is 9.10. The number of hydrogen-bond acceptors (Lipinski definition) is 4. The van der Waals surface area contributed by atoms with Crippen molar-refractivity contribution in [2.45, 2.75) is 52.9 Å². The lowest BCUT2D eigenvalue weighted by molar-refractivity contribution is -0.132. The Labute approximate surface area is 185 Å². The normalized spacial score (nSPS) is 16.1. The molecule has 0 radical (unpaired) electrons.